The van der Waals surface area contributed by atoms with Crippen LogP contribution >= 0.6 is 11.3 Å². The largest absolute Gasteiger partial charge is 0.497 e. The van der Waals surface area contributed by atoms with E-state index in [1.165, 1.54) is 18.4 Å². The van der Waals surface area contributed by atoms with Crippen LogP contribution in [0, 0.1) is 6.92 Å². The quantitative estimate of drug-likeness (QED) is 0.566. The molecule has 0 aliphatic heterocycles. The highest BCUT2D eigenvalue weighted by atomic mass is 32.2. The third-order valence-corrected chi connectivity index (χ3v) is 6.36. The average Bonchev–Trinajstić information content (AvgIpc) is 3.15. The predicted molar refractivity (Wildman–Crippen MR) is 111 cm³/mol. The van der Waals surface area contributed by atoms with E-state index in [0.29, 0.717) is 27.9 Å². The molecule has 0 saturated heterocycles. The van der Waals surface area contributed by atoms with Gasteiger partial charge in [0.2, 0.25) is 15.2 Å². The SMILES string of the molecule is COc1cccc(C(=O)Nc2nnc(CCNS(=O)(=O)c3ccc(C)cc3)s2)c1. The molecule has 0 atom stereocenters. The number of aromatic nitrogens is 2. The van der Waals surface area contributed by atoms with Crippen molar-refractivity contribution in [2.75, 3.05) is 19.0 Å². The van der Waals surface area contributed by atoms with Gasteiger partial charge in [0.15, 0.2) is 0 Å². The average molecular weight is 433 g/mol. The summed E-state index contributed by atoms with van der Waals surface area (Å²) in [5.41, 5.74) is 1.42. The molecule has 1 amide bonds. The summed E-state index contributed by atoms with van der Waals surface area (Å²) in [6, 6.07) is 13.4. The molecule has 0 unspecified atom stereocenters. The first-order valence-corrected chi connectivity index (χ1v) is 11.0. The number of nitrogens with zero attached hydrogens (tertiary/aromatic N) is 2. The topological polar surface area (TPSA) is 110 Å². The maximum Gasteiger partial charge on any atom is 0.257 e. The van der Waals surface area contributed by atoms with Gasteiger partial charge in [0.25, 0.3) is 5.91 Å². The van der Waals surface area contributed by atoms with Crippen molar-refractivity contribution in [1.29, 1.82) is 0 Å². The van der Waals surface area contributed by atoms with Crippen LogP contribution in [-0.4, -0.2) is 38.2 Å². The van der Waals surface area contributed by atoms with Crippen LogP contribution in [0.3, 0.4) is 0 Å². The van der Waals surface area contributed by atoms with Crippen LogP contribution in [0.25, 0.3) is 0 Å². The van der Waals surface area contributed by atoms with Gasteiger partial charge in [-0.2, -0.15) is 0 Å². The monoisotopic (exact) mass is 432 g/mol. The van der Waals surface area contributed by atoms with Crippen molar-refractivity contribution in [3.05, 3.63) is 64.7 Å². The smallest absolute Gasteiger partial charge is 0.257 e. The van der Waals surface area contributed by atoms with E-state index in [9.17, 15) is 13.2 Å². The number of hydrogen-bond acceptors (Lipinski definition) is 7. The molecule has 10 heteroatoms. The number of amides is 1. The molecule has 0 aliphatic carbocycles. The fraction of sp³-hybridized carbons (Fsp3) is 0.211. The van der Waals surface area contributed by atoms with Crippen LogP contribution in [0.15, 0.2) is 53.4 Å². The lowest BCUT2D eigenvalue weighted by Gasteiger charge is -2.05. The van der Waals surface area contributed by atoms with Gasteiger partial charge in [-0.05, 0) is 37.3 Å². The lowest BCUT2D eigenvalue weighted by Crippen LogP contribution is -2.25. The Kier molecular flexibility index (Phi) is 6.57. The lowest BCUT2D eigenvalue weighted by atomic mass is 10.2. The number of rotatable bonds is 8. The van der Waals surface area contributed by atoms with Gasteiger partial charge in [-0.25, -0.2) is 13.1 Å². The van der Waals surface area contributed by atoms with Crippen molar-refractivity contribution >= 4 is 32.4 Å². The van der Waals surface area contributed by atoms with Gasteiger partial charge in [-0.1, -0.05) is 35.1 Å². The van der Waals surface area contributed by atoms with E-state index in [-0.39, 0.29) is 17.3 Å². The normalized spacial score (nSPS) is 11.2. The van der Waals surface area contributed by atoms with Crippen LogP contribution in [-0.2, 0) is 16.4 Å². The molecule has 0 fully saturated rings. The van der Waals surface area contributed by atoms with Crippen LogP contribution in [0.1, 0.15) is 20.9 Å². The summed E-state index contributed by atoms with van der Waals surface area (Å²) in [5.74, 6) is 0.253. The Labute approximate surface area is 173 Å². The lowest BCUT2D eigenvalue weighted by molar-refractivity contribution is 0.102. The van der Waals surface area contributed by atoms with Gasteiger partial charge in [0.1, 0.15) is 10.8 Å². The molecule has 0 aliphatic rings. The zero-order chi connectivity index (χ0) is 20.9. The summed E-state index contributed by atoms with van der Waals surface area (Å²) in [4.78, 5) is 12.5. The molecule has 29 heavy (non-hydrogen) atoms. The molecular weight excluding hydrogens is 412 g/mol. The van der Waals surface area contributed by atoms with E-state index in [4.69, 9.17) is 4.74 Å². The maximum atomic E-state index is 12.3. The number of sulfonamides is 1. The number of methoxy groups -OCH3 is 1. The number of carbonyl (C=O) groups excluding carboxylic acids is 1. The van der Waals surface area contributed by atoms with Crippen molar-refractivity contribution in [1.82, 2.24) is 14.9 Å². The van der Waals surface area contributed by atoms with Gasteiger partial charge in [-0.3, -0.25) is 10.1 Å². The van der Waals surface area contributed by atoms with Crippen molar-refractivity contribution in [2.24, 2.45) is 0 Å². The standard InChI is InChI=1S/C19H20N4O4S2/c1-13-6-8-16(9-7-13)29(25,26)20-11-10-17-22-23-19(28-17)21-18(24)14-4-3-5-15(12-14)27-2/h3-9,12,20H,10-11H2,1-2H3,(H,21,23,24). The first-order valence-electron chi connectivity index (χ1n) is 8.71. The van der Waals surface area contributed by atoms with Crippen LogP contribution in [0.4, 0.5) is 5.13 Å². The summed E-state index contributed by atoms with van der Waals surface area (Å²) in [6.45, 7) is 2.07. The molecule has 0 radical (unpaired) electrons. The molecule has 0 saturated carbocycles. The Morgan fingerprint density at radius 2 is 1.90 bits per heavy atom. The minimum Gasteiger partial charge on any atom is -0.497 e. The summed E-state index contributed by atoms with van der Waals surface area (Å²) in [6.07, 6.45) is 0.359. The molecule has 1 heterocycles. The summed E-state index contributed by atoms with van der Waals surface area (Å²) in [7, 11) is -2.05. The van der Waals surface area contributed by atoms with E-state index >= 15 is 0 Å². The van der Waals surface area contributed by atoms with Gasteiger partial charge >= 0.3 is 0 Å². The molecule has 152 valence electrons. The van der Waals surface area contributed by atoms with E-state index in [2.05, 4.69) is 20.2 Å². The van der Waals surface area contributed by atoms with E-state index < -0.39 is 10.0 Å². The molecule has 2 aromatic carbocycles. The molecule has 3 rings (SSSR count). The highest BCUT2D eigenvalue weighted by Crippen LogP contribution is 2.18. The summed E-state index contributed by atoms with van der Waals surface area (Å²) < 4.78 is 32.2. The Morgan fingerprint density at radius 3 is 2.62 bits per heavy atom. The van der Waals surface area contributed by atoms with Crippen molar-refractivity contribution < 1.29 is 17.9 Å². The van der Waals surface area contributed by atoms with Crippen LogP contribution < -0.4 is 14.8 Å². The Hall–Kier alpha value is -2.82. The first kappa shape index (κ1) is 20.9. The molecule has 3 aromatic rings. The van der Waals surface area contributed by atoms with E-state index in [1.807, 2.05) is 6.92 Å². The Balaban J connectivity index is 1.55. The molecule has 0 spiro atoms. The number of hydrogen-bond donors (Lipinski definition) is 2. The Morgan fingerprint density at radius 1 is 1.14 bits per heavy atom. The highest BCUT2D eigenvalue weighted by molar-refractivity contribution is 7.89. The Bertz CT molecular complexity index is 1100. The minimum absolute atomic E-state index is 0.175. The highest BCUT2D eigenvalue weighted by Gasteiger charge is 2.14. The zero-order valence-electron chi connectivity index (χ0n) is 15.9. The molecular formula is C19H20N4O4S2. The first-order chi connectivity index (χ1) is 13.9. The van der Waals surface area contributed by atoms with Crippen molar-refractivity contribution in [3.63, 3.8) is 0 Å². The van der Waals surface area contributed by atoms with Crippen molar-refractivity contribution in [2.45, 2.75) is 18.2 Å². The molecule has 2 N–H and O–H groups in total. The second-order valence-corrected chi connectivity index (χ2v) is 8.98. The summed E-state index contributed by atoms with van der Waals surface area (Å²) >= 11 is 1.19. The fourth-order valence-corrected chi connectivity index (χ4v) is 4.20. The minimum atomic E-state index is -3.58. The van der Waals surface area contributed by atoms with E-state index in [1.54, 1.807) is 48.5 Å². The number of anilines is 1. The third kappa shape index (κ3) is 5.59. The second-order valence-electron chi connectivity index (χ2n) is 6.15. The number of benzene rings is 2. The number of nitrogens with one attached hydrogen (secondary N) is 2. The van der Waals surface area contributed by atoms with Crippen molar-refractivity contribution in [3.8, 4) is 5.75 Å². The van der Waals surface area contributed by atoms with Crippen LogP contribution in [0.5, 0.6) is 5.75 Å². The van der Waals surface area contributed by atoms with Gasteiger partial charge in [0.05, 0.1) is 12.0 Å². The third-order valence-electron chi connectivity index (χ3n) is 3.98. The predicted octanol–water partition coefficient (Wildman–Crippen LogP) is 2.63. The fourth-order valence-electron chi connectivity index (χ4n) is 2.43. The van der Waals surface area contributed by atoms with Gasteiger partial charge in [0, 0.05) is 18.5 Å². The molecule has 8 nitrogen and oxygen atoms in total. The maximum absolute atomic E-state index is 12.3. The van der Waals surface area contributed by atoms with Crippen LogP contribution in [0.2, 0.25) is 0 Å². The summed E-state index contributed by atoms with van der Waals surface area (Å²) in [5, 5.41) is 11.6. The second kappa shape index (κ2) is 9.12. The zero-order valence-corrected chi connectivity index (χ0v) is 17.5. The molecule has 0 bridgehead atoms. The van der Waals surface area contributed by atoms with Gasteiger partial charge in [-0.15, -0.1) is 10.2 Å². The number of aryl methyl sites for hydroxylation is 1. The van der Waals surface area contributed by atoms with E-state index in [0.717, 1.165) is 5.56 Å². The molecule has 1 aromatic heterocycles. The number of ether oxygens (including phenoxy) is 1. The van der Waals surface area contributed by atoms with Gasteiger partial charge < -0.3 is 4.74 Å². The number of carbonyl (C=O) groups is 1.